The van der Waals surface area contributed by atoms with Gasteiger partial charge in [0.05, 0.1) is 40.3 Å². The lowest BCUT2D eigenvalue weighted by Gasteiger charge is -2.14. The molecule has 1 aromatic carbocycles. The van der Waals surface area contributed by atoms with Crippen molar-refractivity contribution in [3.05, 3.63) is 52.6 Å². The van der Waals surface area contributed by atoms with Crippen molar-refractivity contribution in [2.24, 2.45) is 0 Å². The van der Waals surface area contributed by atoms with E-state index in [1.807, 2.05) is 16.7 Å². The molecule has 6 heteroatoms. The van der Waals surface area contributed by atoms with Crippen LogP contribution in [0, 0.1) is 0 Å². The van der Waals surface area contributed by atoms with Gasteiger partial charge in [0.2, 0.25) is 0 Å². The van der Waals surface area contributed by atoms with Gasteiger partial charge in [0.25, 0.3) is 5.91 Å². The van der Waals surface area contributed by atoms with E-state index in [2.05, 4.69) is 4.98 Å². The van der Waals surface area contributed by atoms with Crippen molar-refractivity contribution in [3.8, 4) is 5.69 Å². The van der Waals surface area contributed by atoms with Gasteiger partial charge >= 0.3 is 0 Å². The normalized spacial score (nSPS) is 15.6. The van der Waals surface area contributed by atoms with Gasteiger partial charge in [-0.3, -0.25) is 9.36 Å². The first-order valence-electron chi connectivity index (χ1n) is 6.96. The van der Waals surface area contributed by atoms with Crippen LogP contribution in [0.5, 0.6) is 0 Å². The maximum Gasteiger partial charge on any atom is 0.257 e. The van der Waals surface area contributed by atoms with Gasteiger partial charge in [0.1, 0.15) is 6.33 Å². The summed E-state index contributed by atoms with van der Waals surface area (Å²) in [4.78, 5) is 18.6. The molecule has 1 amide bonds. The summed E-state index contributed by atoms with van der Waals surface area (Å²) in [5.41, 5.74) is 2.82. The molecule has 1 aliphatic rings. The van der Waals surface area contributed by atoms with Crippen LogP contribution in [0.4, 0.5) is 0 Å². The predicted octanol–water partition coefficient (Wildman–Crippen LogP) is 2.51. The third-order valence-electron chi connectivity index (χ3n) is 3.63. The molecule has 0 radical (unpaired) electrons. The standard InChI is InChI=1S/C16H16ClN3O2/c1-10(21)6-7-12-14-8-19(2)16(22)15-11(17)4-3-5-13(15)20(14)9-18-12/h3-7,9-10,21H,8H2,1-2H3/b7-6+. The fourth-order valence-corrected chi connectivity index (χ4v) is 2.78. The van der Waals surface area contributed by atoms with E-state index in [0.29, 0.717) is 17.1 Å². The van der Waals surface area contributed by atoms with Crippen molar-refractivity contribution in [2.75, 3.05) is 7.05 Å². The number of rotatable bonds is 2. The summed E-state index contributed by atoms with van der Waals surface area (Å²) < 4.78 is 1.88. The quantitative estimate of drug-likeness (QED) is 0.926. The van der Waals surface area contributed by atoms with Crippen LogP contribution >= 0.6 is 11.6 Å². The van der Waals surface area contributed by atoms with Crippen LogP contribution in [0.1, 0.15) is 28.7 Å². The number of aromatic nitrogens is 2. The number of fused-ring (bicyclic) bond motifs is 3. The van der Waals surface area contributed by atoms with Gasteiger partial charge in [-0.1, -0.05) is 23.7 Å². The molecule has 1 unspecified atom stereocenters. The second-order valence-electron chi connectivity index (χ2n) is 5.34. The van der Waals surface area contributed by atoms with Gasteiger partial charge < -0.3 is 10.0 Å². The minimum absolute atomic E-state index is 0.116. The topological polar surface area (TPSA) is 58.4 Å². The van der Waals surface area contributed by atoms with Gasteiger partial charge in [0, 0.05) is 7.05 Å². The van der Waals surface area contributed by atoms with Gasteiger partial charge in [-0.05, 0) is 25.1 Å². The maximum atomic E-state index is 12.6. The number of aliphatic hydroxyl groups is 1. The Bertz CT molecular complexity index is 765. The largest absolute Gasteiger partial charge is 0.389 e. The molecule has 22 heavy (non-hydrogen) atoms. The molecule has 0 spiro atoms. The van der Waals surface area contributed by atoms with Crippen LogP contribution in [0.15, 0.2) is 30.6 Å². The lowest BCUT2D eigenvalue weighted by atomic mass is 10.1. The molecule has 114 valence electrons. The van der Waals surface area contributed by atoms with Crippen LogP contribution in [-0.4, -0.2) is 38.6 Å². The molecular formula is C16H16ClN3O2. The van der Waals surface area contributed by atoms with Crippen molar-refractivity contribution in [3.63, 3.8) is 0 Å². The Morgan fingerprint density at radius 3 is 2.95 bits per heavy atom. The highest BCUT2D eigenvalue weighted by molar-refractivity contribution is 6.34. The summed E-state index contributed by atoms with van der Waals surface area (Å²) in [6.45, 7) is 2.10. The molecule has 0 aliphatic carbocycles. The van der Waals surface area contributed by atoms with E-state index in [9.17, 15) is 9.90 Å². The van der Waals surface area contributed by atoms with E-state index < -0.39 is 6.10 Å². The van der Waals surface area contributed by atoms with E-state index in [1.54, 1.807) is 43.4 Å². The molecule has 0 bridgehead atoms. The van der Waals surface area contributed by atoms with Crippen molar-refractivity contribution in [1.29, 1.82) is 0 Å². The Labute approximate surface area is 133 Å². The van der Waals surface area contributed by atoms with Crippen LogP contribution in [0.25, 0.3) is 11.8 Å². The number of carbonyl (C=O) groups is 1. The molecule has 2 heterocycles. The van der Waals surface area contributed by atoms with Gasteiger partial charge in [-0.25, -0.2) is 4.98 Å². The monoisotopic (exact) mass is 317 g/mol. The van der Waals surface area contributed by atoms with Crippen molar-refractivity contribution < 1.29 is 9.90 Å². The Morgan fingerprint density at radius 1 is 1.45 bits per heavy atom. The number of benzene rings is 1. The highest BCUT2D eigenvalue weighted by Gasteiger charge is 2.27. The van der Waals surface area contributed by atoms with Gasteiger partial charge in [-0.2, -0.15) is 0 Å². The highest BCUT2D eigenvalue weighted by Crippen LogP contribution is 2.30. The number of amides is 1. The van der Waals surface area contributed by atoms with Crippen molar-refractivity contribution >= 4 is 23.6 Å². The minimum atomic E-state index is -0.552. The Hall–Kier alpha value is -2.11. The van der Waals surface area contributed by atoms with E-state index in [1.165, 1.54) is 0 Å². The van der Waals surface area contributed by atoms with Crippen LogP contribution in [0.2, 0.25) is 5.02 Å². The summed E-state index contributed by atoms with van der Waals surface area (Å²) in [6, 6.07) is 5.38. The smallest absolute Gasteiger partial charge is 0.257 e. The predicted molar refractivity (Wildman–Crippen MR) is 85.1 cm³/mol. The fourth-order valence-electron chi connectivity index (χ4n) is 2.53. The first kappa shape index (κ1) is 14.8. The molecular weight excluding hydrogens is 302 g/mol. The number of nitrogens with zero attached hydrogens (tertiary/aromatic N) is 3. The lowest BCUT2D eigenvalue weighted by Crippen LogP contribution is -2.25. The van der Waals surface area contributed by atoms with Crippen LogP contribution in [0.3, 0.4) is 0 Å². The zero-order chi connectivity index (χ0) is 15.9. The summed E-state index contributed by atoms with van der Waals surface area (Å²) in [7, 11) is 1.74. The Morgan fingerprint density at radius 2 is 2.23 bits per heavy atom. The number of hydrogen-bond acceptors (Lipinski definition) is 3. The second kappa shape index (κ2) is 5.59. The molecule has 0 fully saturated rings. The molecule has 5 nitrogen and oxygen atoms in total. The number of imidazole rings is 1. The lowest BCUT2D eigenvalue weighted by molar-refractivity contribution is 0.0788. The molecule has 1 N–H and O–H groups in total. The van der Waals surface area contributed by atoms with Crippen molar-refractivity contribution in [2.45, 2.75) is 19.6 Å². The number of carbonyl (C=O) groups excluding carboxylic acids is 1. The van der Waals surface area contributed by atoms with E-state index in [4.69, 9.17) is 11.6 Å². The van der Waals surface area contributed by atoms with Gasteiger partial charge in [0.15, 0.2) is 0 Å². The van der Waals surface area contributed by atoms with E-state index >= 15 is 0 Å². The van der Waals surface area contributed by atoms with Crippen molar-refractivity contribution in [1.82, 2.24) is 14.5 Å². The molecule has 0 saturated heterocycles. The molecule has 1 aromatic heterocycles. The zero-order valence-electron chi connectivity index (χ0n) is 12.3. The first-order valence-corrected chi connectivity index (χ1v) is 7.33. The van der Waals surface area contributed by atoms with Crippen LogP contribution < -0.4 is 0 Å². The fraction of sp³-hybridized carbons (Fsp3) is 0.250. The third kappa shape index (κ3) is 2.42. The molecule has 1 atom stereocenters. The summed E-state index contributed by atoms with van der Waals surface area (Å²) >= 11 is 6.22. The zero-order valence-corrected chi connectivity index (χ0v) is 13.1. The summed E-state index contributed by atoms with van der Waals surface area (Å²) in [6.07, 6.45) is 4.56. The van der Waals surface area contributed by atoms with E-state index in [-0.39, 0.29) is 5.91 Å². The third-order valence-corrected chi connectivity index (χ3v) is 3.94. The summed E-state index contributed by atoms with van der Waals surface area (Å²) in [5.74, 6) is -0.116. The SMILES string of the molecule is CC(O)/C=C/c1ncn2c1CN(C)C(=O)c1c(Cl)cccc1-2. The van der Waals surface area contributed by atoms with Gasteiger partial charge in [-0.15, -0.1) is 0 Å². The number of aliphatic hydroxyl groups excluding tert-OH is 1. The first-order chi connectivity index (χ1) is 10.5. The Balaban J connectivity index is 2.20. The minimum Gasteiger partial charge on any atom is -0.389 e. The number of hydrogen-bond donors (Lipinski definition) is 1. The van der Waals surface area contributed by atoms with Crippen LogP contribution in [-0.2, 0) is 6.54 Å². The summed E-state index contributed by atoms with van der Waals surface area (Å²) in [5, 5.41) is 9.82. The average Bonchev–Trinajstić information content (AvgIpc) is 2.82. The number of halogens is 1. The average molecular weight is 318 g/mol. The Kier molecular flexibility index (Phi) is 3.76. The second-order valence-corrected chi connectivity index (χ2v) is 5.75. The van der Waals surface area contributed by atoms with E-state index in [0.717, 1.165) is 17.1 Å². The molecule has 2 aromatic rings. The molecule has 1 aliphatic heterocycles. The highest BCUT2D eigenvalue weighted by atomic mass is 35.5. The molecule has 0 saturated carbocycles. The maximum absolute atomic E-state index is 12.6. The molecule has 3 rings (SSSR count).